The number of hydrogen-bond acceptors (Lipinski definition) is 14. The van der Waals surface area contributed by atoms with Gasteiger partial charge in [0.1, 0.15) is 25.4 Å². The van der Waals surface area contributed by atoms with Crippen molar-refractivity contribution in [3.05, 3.63) is 158 Å². The van der Waals surface area contributed by atoms with E-state index in [1.54, 1.807) is 0 Å². The smallest absolute Gasteiger partial charge is 0.463 e. The minimum absolute atomic E-state index is 0.0856. The van der Waals surface area contributed by atoms with Gasteiger partial charge in [-0.3, -0.25) is 32.5 Å². The van der Waals surface area contributed by atoms with Gasteiger partial charge in [-0.2, -0.15) is 0 Å². The van der Waals surface area contributed by atoms with Crippen molar-refractivity contribution in [3.63, 3.8) is 0 Å². The summed E-state index contributed by atoms with van der Waals surface area (Å²) >= 11 is 0. The molecule has 0 saturated carbocycles. The summed E-state index contributed by atoms with van der Waals surface area (Å²) in [5.74, 6) is -1.59. The number of unbranched alkanes of at least 4 members (excludes halogenated alkanes) is 37. The van der Waals surface area contributed by atoms with E-state index >= 15 is 0 Å². The molecule has 5 atom stereocenters. The van der Waals surface area contributed by atoms with Crippen molar-refractivity contribution in [2.45, 2.75) is 399 Å². The second kappa shape index (κ2) is 88.5. The summed E-state index contributed by atoms with van der Waals surface area (Å²) in [5.41, 5.74) is 0. The number of carbonyl (C=O) groups is 3. The Morgan fingerprint density at radius 3 is 0.730 bits per heavy atom. The van der Waals surface area contributed by atoms with Crippen molar-refractivity contribution in [1.29, 1.82) is 0 Å². The van der Waals surface area contributed by atoms with E-state index < -0.39 is 91.5 Å². The number of aliphatic hydroxyl groups excluding tert-OH is 2. The second-order valence-electron chi connectivity index (χ2n) is 30.3. The number of allylic oxidation sites excluding steroid dienone is 26. The number of rotatable bonds is 86. The van der Waals surface area contributed by atoms with Gasteiger partial charge in [-0.1, -0.05) is 371 Å². The Hall–Kier alpha value is -4.83. The van der Waals surface area contributed by atoms with E-state index in [1.165, 1.54) is 148 Å². The van der Waals surface area contributed by atoms with Crippen LogP contribution in [0.3, 0.4) is 0 Å². The quantitative estimate of drug-likeness (QED) is 0.0146. The van der Waals surface area contributed by atoms with Crippen molar-refractivity contribution in [3.8, 4) is 0 Å². The molecule has 4 N–H and O–H groups in total. The van der Waals surface area contributed by atoms with Crippen LogP contribution in [-0.2, 0) is 55.8 Å². The summed E-state index contributed by atoms with van der Waals surface area (Å²) in [6, 6.07) is 0. The van der Waals surface area contributed by atoms with Crippen LogP contribution in [0.15, 0.2) is 158 Å². The molecule has 0 radical (unpaired) electrons. The number of esters is 3. The topological polar surface area (TPSA) is 231 Å². The Morgan fingerprint density at radius 2 is 0.461 bits per heavy atom. The molecule has 0 aliphatic rings. The van der Waals surface area contributed by atoms with Gasteiger partial charge in [0.15, 0.2) is 6.10 Å². The van der Waals surface area contributed by atoms with Gasteiger partial charge in [0, 0.05) is 19.3 Å². The lowest BCUT2D eigenvalue weighted by Gasteiger charge is -2.21. The highest BCUT2D eigenvalue weighted by Crippen LogP contribution is 2.45. The molecule has 0 aliphatic carbocycles. The molecule has 0 amide bonds. The van der Waals surface area contributed by atoms with Gasteiger partial charge in [0.05, 0.1) is 26.4 Å². The molecule has 0 aromatic heterocycles. The van der Waals surface area contributed by atoms with Gasteiger partial charge < -0.3 is 34.2 Å². The van der Waals surface area contributed by atoms with Gasteiger partial charge in [-0.05, 0) is 148 Å². The average Bonchev–Trinajstić information content (AvgIpc) is 0.902. The molecule has 0 spiro atoms. The van der Waals surface area contributed by atoms with Crippen LogP contribution in [-0.4, -0.2) is 95.9 Å². The van der Waals surface area contributed by atoms with Crippen LogP contribution in [0.1, 0.15) is 380 Å². The van der Waals surface area contributed by atoms with E-state index in [-0.39, 0.29) is 19.3 Å². The molecule has 660 valence electrons. The van der Waals surface area contributed by atoms with Crippen LogP contribution in [0.2, 0.25) is 0 Å². The van der Waals surface area contributed by atoms with Crippen LogP contribution < -0.4 is 0 Å². The summed E-state index contributed by atoms with van der Waals surface area (Å²) < 4.78 is 61.4. The summed E-state index contributed by atoms with van der Waals surface area (Å²) in [4.78, 5) is 58.9. The van der Waals surface area contributed by atoms with E-state index in [1.807, 2.05) is 0 Å². The van der Waals surface area contributed by atoms with Crippen molar-refractivity contribution in [1.82, 2.24) is 0 Å². The average molecular weight is 1650 g/mol. The first-order valence-electron chi connectivity index (χ1n) is 45.8. The molecule has 0 heterocycles. The first-order valence-corrected chi connectivity index (χ1v) is 48.8. The number of carbonyl (C=O) groups excluding carboxylic acids is 3. The predicted octanol–water partition coefficient (Wildman–Crippen LogP) is 28.1. The van der Waals surface area contributed by atoms with E-state index in [9.17, 15) is 43.5 Å². The number of hydrogen-bond donors (Lipinski definition) is 4. The second-order valence-corrected chi connectivity index (χ2v) is 33.2. The molecule has 18 heteroatoms. The maximum absolute atomic E-state index is 13.0. The number of aliphatic hydroxyl groups is 2. The highest BCUT2D eigenvalue weighted by molar-refractivity contribution is 7.47. The minimum atomic E-state index is -4.95. The first kappa shape index (κ1) is 110. The molecule has 5 unspecified atom stereocenters. The van der Waals surface area contributed by atoms with Crippen LogP contribution in [0.4, 0.5) is 0 Å². The largest absolute Gasteiger partial charge is 0.472 e. The summed E-state index contributed by atoms with van der Waals surface area (Å²) in [6.45, 7) is 2.45. The third-order valence-electron chi connectivity index (χ3n) is 19.2. The Labute approximate surface area is 701 Å². The summed E-state index contributed by atoms with van der Waals surface area (Å²) in [6.07, 6.45) is 113. The number of phosphoric acid groups is 2. The molecule has 0 rings (SSSR count). The fraction of sp³-hybridized carbons (Fsp3) is 0.701. The zero-order valence-corrected chi connectivity index (χ0v) is 74.5. The van der Waals surface area contributed by atoms with Crippen LogP contribution >= 0.6 is 15.6 Å². The van der Waals surface area contributed by atoms with E-state index in [0.29, 0.717) is 19.3 Å². The molecule has 16 nitrogen and oxygen atoms in total. The Balaban J connectivity index is 4.50. The highest BCUT2D eigenvalue weighted by atomic mass is 31.2. The maximum atomic E-state index is 13.0. The SMILES string of the molecule is CC/C=C\C/C=C\C/C=C\C/C=C\C/C=C\CCCCCCCCCCCCCCCCCCCCCC(=O)OCC(O)COP(=O)(O)OCC(O)COP(=O)(O)OCC(COC(=O)CCCCCCCCCCC/C=C\C/C=C\C/C=C\C/C=C\C/C=C\CC)OC(=O)CCCCCCCC/C=C\C/C=C\C/C=C\CCCCC. The fourth-order valence-electron chi connectivity index (χ4n) is 12.3. The van der Waals surface area contributed by atoms with Crippen LogP contribution in [0.25, 0.3) is 0 Å². The lowest BCUT2D eigenvalue weighted by Crippen LogP contribution is -2.30. The predicted molar refractivity (Wildman–Crippen MR) is 482 cm³/mol. The van der Waals surface area contributed by atoms with Gasteiger partial charge in [0.2, 0.25) is 0 Å². The Kier molecular flexibility index (Phi) is 84.7. The first-order chi connectivity index (χ1) is 56.2. The number of ether oxygens (including phenoxy) is 3. The molecular formula is C97H166O16P2. The molecular weight excluding hydrogens is 1480 g/mol. The third kappa shape index (κ3) is 89.8. The van der Waals surface area contributed by atoms with Crippen LogP contribution in [0, 0.1) is 0 Å². The van der Waals surface area contributed by atoms with Gasteiger partial charge in [0.25, 0.3) is 0 Å². The Bertz CT molecular complexity index is 2720. The van der Waals surface area contributed by atoms with Crippen molar-refractivity contribution >= 4 is 33.6 Å². The molecule has 0 aromatic rings. The maximum Gasteiger partial charge on any atom is 0.472 e. The van der Waals surface area contributed by atoms with Gasteiger partial charge in [-0.15, -0.1) is 0 Å². The molecule has 0 fully saturated rings. The number of phosphoric ester groups is 2. The summed E-state index contributed by atoms with van der Waals surface area (Å²) in [7, 11) is -9.81. The van der Waals surface area contributed by atoms with E-state index in [0.717, 1.165) is 173 Å². The lowest BCUT2D eigenvalue weighted by molar-refractivity contribution is -0.161. The van der Waals surface area contributed by atoms with Gasteiger partial charge >= 0.3 is 33.6 Å². The van der Waals surface area contributed by atoms with Crippen molar-refractivity contribution in [2.24, 2.45) is 0 Å². The molecule has 0 aliphatic heterocycles. The Morgan fingerprint density at radius 1 is 0.252 bits per heavy atom. The van der Waals surface area contributed by atoms with E-state index in [2.05, 4.69) is 179 Å². The zero-order chi connectivity index (χ0) is 83.6. The molecule has 0 aromatic carbocycles. The van der Waals surface area contributed by atoms with Crippen LogP contribution in [0.5, 0.6) is 0 Å². The molecule has 0 bridgehead atoms. The minimum Gasteiger partial charge on any atom is -0.463 e. The standard InChI is InChI=1S/C97H166O16P2/c1-4-7-10-13-16-19-22-25-28-31-34-36-38-40-41-42-43-44-45-46-47-48-49-51-53-54-57-59-62-65-68-71-74-77-80-83-95(100)107-86-92(98)87-109-114(103,104)110-88-93(99)89-111-115(105,106)112-91-94(113-97(102)85-82-79-76-73-70-67-64-61-56-33-30-27-24-21-18-15-12-9-6-3)90-108-96(101)84-81-78-75-72-69-66-63-60-58-55-52-50-39-37-35-32-29-26-23-20-17-14-11-8-5-2/h7-8,10-11,16-21,25-30,34-37,40-41,50,52,56,61,92-94,98-99H,4-6,9,12-15,22-24,31-33,38-39,42-49,51,53-55,57-60,62-91H2,1-3H3,(H,103,104)(H,105,106)/b10-7-,11-8-,19-16-,20-17-,21-18-,28-25-,29-26-,30-27-,36-34-,37-35-,41-40-,52-50-,61-56-. The van der Waals surface area contributed by atoms with Crippen molar-refractivity contribution < 1.29 is 75.8 Å². The van der Waals surface area contributed by atoms with Gasteiger partial charge in [-0.25, -0.2) is 9.13 Å². The van der Waals surface area contributed by atoms with E-state index in [4.69, 9.17) is 32.3 Å². The summed E-state index contributed by atoms with van der Waals surface area (Å²) in [5, 5.41) is 20.7. The highest BCUT2D eigenvalue weighted by Gasteiger charge is 2.29. The molecule has 115 heavy (non-hydrogen) atoms. The fourth-order valence-corrected chi connectivity index (χ4v) is 13.9. The third-order valence-corrected chi connectivity index (χ3v) is 21.1. The van der Waals surface area contributed by atoms with Crippen molar-refractivity contribution in [2.75, 3.05) is 39.6 Å². The zero-order valence-electron chi connectivity index (χ0n) is 72.7. The monoisotopic (exact) mass is 1650 g/mol. The normalized spacial score (nSPS) is 14.5. The molecule has 0 saturated heterocycles. The lowest BCUT2D eigenvalue weighted by atomic mass is 10.0.